The van der Waals surface area contributed by atoms with Crippen molar-refractivity contribution in [3.05, 3.63) is 46.6 Å². The fourth-order valence-electron chi connectivity index (χ4n) is 1.62. The van der Waals surface area contributed by atoms with Gasteiger partial charge in [-0.3, -0.25) is 0 Å². The largest absolute Gasteiger partial charge is 0.506 e. The van der Waals surface area contributed by atoms with Gasteiger partial charge >= 0.3 is 0 Å². The first-order valence-corrected chi connectivity index (χ1v) is 6.90. The highest BCUT2D eigenvalue weighted by Crippen LogP contribution is 2.27. The second kappa shape index (κ2) is 7.12. The van der Waals surface area contributed by atoms with Crippen LogP contribution in [0.1, 0.15) is 5.56 Å². The number of halogens is 1. The van der Waals surface area contributed by atoms with Crippen molar-refractivity contribution in [2.75, 3.05) is 18.5 Å². The van der Waals surface area contributed by atoms with Crippen LogP contribution in [0.25, 0.3) is 0 Å². The van der Waals surface area contributed by atoms with Crippen molar-refractivity contribution < 1.29 is 14.9 Å². The van der Waals surface area contributed by atoms with E-state index in [2.05, 4.69) is 26.2 Å². The number of pyridine rings is 1. The van der Waals surface area contributed by atoms with Gasteiger partial charge in [0, 0.05) is 18.2 Å². The van der Waals surface area contributed by atoms with Crippen LogP contribution in [0.3, 0.4) is 0 Å². The third-order valence-electron chi connectivity index (χ3n) is 2.63. The monoisotopic (exact) mass is 338 g/mol. The number of anilines is 1. The third kappa shape index (κ3) is 3.85. The predicted octanol–water partition coefficient (Wildman–Crippen LogP) is 2.53. The maximum Gasteiger partial charge on any atom is 0.213 e. The van der Waals surface area contributed by atoms with Gasteiger partial charge in [-0.05, 0) is 28.1 Å². The topological polar surface area (TPSA) is 74.6 Å². The lowest BCUT2D eigenvalue weighted by Gasteiger charge is -2.09. The lowest BCUT2D eigenvalue weighted by Crippen LogP contribution is -2.04. The van der Waals surface area contributed by atoms with E-state index in [0.717, 1.165) is 11.3 Å². The van der Waals surface area contributed by atoms with Crippen molar-refractivity contribution in [1.82, 2.24) is 4.98 Å². The number of aliphatic hydroxyl groups excluding tert-OH is 1. The number of ether oxygens (including phenoxy) is 1. The summed E-state index contributed by atoms with van der Waals surface area (Å²) in [6, 6.07) is 9.05. The van der Waals surface area contributed by atoms with Gasteiger partial charge in [-0.1, -0.05) is 12.1 Å². The zero-order valence-electron chi connectivity index (χ0n) is 10.7. The van der Waals surface area contributed by atoms with Crippen LogP contribution in [0, 0.1) is 0 Å². The minimum Gasteiger partial charge on any atom is -0.506 e. The summed E-state index contributed by atoms with van der Waals surface area (Å²) in [6.07, 6.45) is 1.64. The molecule has 3 N–H and O–H groups in total. The highest BCUT2D eigenvalue weighted by atomic mass is 79.9. The smallest absolute Gasteiger partial charge is 0.213 e. The molecule has 0 amide bonds. The Labute approximate surface area is 125 Å². The number of hydrogen-bond acceptors (Lipinski definition) is 5. The lowest BCUT2D eigenvalue weighted by atomic mass is 10.2. The molecular weight excluding hydrogens is 324 g/mol. The summed E-state index contributed by atoms with van der Waals surface area (Å²) in [4.78, 5) is 4.10. The van der Waals surface area contributed by atoms with E-state index in [0.29, 0.717) is 16.9 Å². The van der Waals surface area contributed by atoms with Gasteiger partial charge in [0.1, 0.15) is 12.4 Å². The molecular formula is C14H15BrN2O3. The zero-order chi connectivity index (χ0) is 14.4. The van der Waals surface area contributed by atoms with E-state index in [9.17, 15) is 5.11 Å². The molecule has 1 aromatic carbocycles. The number of aromatic nitrogens is 1. The molecule has 0 spiro atoms. The van der Waals surface area contributed by atoms with Crippen LogP contribution in [0.2, 0.25) is 0 Å². The molecule has 0 aliphatic rings. The van der Waals surface area contributed by atoms with Gasteiger partial charge in [-0.15, -0.1) is 0 Å². The first-order valence-electron chi connectivity index (χ1n) is 6.10. The van der Waals surface area contributed by atoms with Gasteiger partial charge in [-0.2, -0.15) is 0 Å². The second-order valence-corrected chi connectivity index (χ2v) is 4.91. The maximum atomic E-state index is 9.87. The van der Waals surface area contributed by atoms with Crippen LogP contribution in [0.5, 0.6) is 11.6 Å². The van der Waals surface area contributed by atoms with E-state index in [4.69, 9.17) is 9.84 Å². The third-order valence-corrected chi connectivity index (χ3v) is 3.27. The molecule has 0 radical (unpaired) electrons. The minimum absolute atomic E-state index is 0.0379. The Balaban J connectivity index is 1.95. The number of para-hydroxylation sites is 1. The summed E-state index contributed by atoms with van der Waals surface area (Å²) in [5.74, 6) is 0.700. The number of aromatic hydroxyl groups is 1. The number of nitrogens with one attached hydrogen (secondary N) is 1. The molecule has 0 bridgehead atoms. The summed E-state index contributed by atoms with van der Waals surface area (Å²) in [5, 5.41) is 21.7. The van der Waals surface area contributed by atoms with Crippen molar-refractivity contribution in [1.29, 1.82) is 0 Å². The fraction of sp³-hybridized carbons (Fsp3) is 0.214. The molecule has 1 heterocycles. The number of aliphatic hydroxyl groups is 1. The Morgan fingerprint density at radius 2 is 2.10 bits per heavy atom. The molecule has 106 valence electrons. The molecule has 0 saturated heterocycles. The number of rotatable bonds is 6. The number of hydrogen-bond donors (Lipinski definition) is 3. The molecule has 20 heavy (non-hydrogen) atoms. The molecule has 1 aromatic heterocycles. The predicted molar refractivity (Wildman–Crippen MR) is 80.0 cm³/mol. The van der Waals surface area contributed by atoms with Crippen LogP contribution in [-0.2, 0) is 6.54 Å². The normalized spacial score (nSPS) is 10.3. The summed E-state index contributed by atoms with van der Waals surface area (Å²) < 4.78 is 5.84. The Kier molecular flexibility index (Phi) is 5.20. The van der Waals surface area contributed by atoms with Gasteiger partial charge in [0.2, 0.25) is 5.88 Å². The van der Waals surface area contributed by atoms with E-state index in [1.807, 2.05) is 18.2 Å². The van der Waals surface area contributed by atoms with Crippen molar-refractivity contribution in [2.24, 2.45) is 0 Å². The quantitative estimate of drug-likeness (QED) is 0.754. The van der Waals surface area contributed by atoms with Crippen molar-refractivity contribution in [2.45, 2.75) is 6.54 Å². The van der Waals surface area contributed by atoms with E-state index >= 15 is 0 Å². The Hall–Kier alpha value is -1.79. The highest BCUT2D eigenvalue weighted by Gasteiger charge is 2.04. The van der Waals surface area contributed by atoms with E-state index in [-0.39, 0.29) is 19.0 Å². The van der Waals surface area contributed by atoms with E-state index < -0.39 is 0 Å². The Morgan fingerprint density at radius 3 is 2.80 bits per heavy atom. The van der Waals surface area contributed by atoms with Crippen molar-refractivity contribution in [3.63, 3.8) is 0 Å². The van der Waals surface area contributed by atoms with Crippen LogP contribution in [-0.4, -0.2) is 28.4 Å². The van der Waals surface area contributed by atoms with Crippen LogP contribution >= 0.6 is 15.9 Å². The molecule has 0 atom stereocenters. The molecule has 5 nitrogen and oxygen atoms in total. The standard InChI is InChI=1S/C14H15BrN2O3/c15-12-3-1-2-10(14(12)19)8-16-11-4-5-13(17-9-11)20-7-6-18/h1-5,9,16,18-19H,6-8H2. The first-order chi connectivity index (χ1) is 9.70. The Bertz CT molecular complexity index is 561. The molecule has 0 unspecified atom stereocenters. The van der Waals surface area contributed by atoms with Crippen LogP contribution in [0.15, 0.2) is 41.0 Å². The number of nitrogens with zero attached hydrogens (tertiary/aromatic N) is 1. The van der Waals surface area contributed by atoms with E-state index in [1.165, 1.54) is 0 Å². The lowest BCUT2D eigenvalue weighted by molar-refractivity contribution is 0.196. The molecule has 6 heteroatoms. The van der Waals surface area contributed by atoms with E-state index in [1.54, 1.807) is 18.3 Å². The fourth-order valence-corrected chi connectivity index (χ4v) is 2.03. The van der Waals surface area contributed by atoms with Crippen LogP contribution < -0.4 is 10.1 Å². The zero-order valence-corrected chi connectivity index (χ0v) is 12.3. The van der Waals surface area contributed by atoms with Gasteiger partial charge in [0.25, 0.3) is 0 Å². The summed E-state index contributed by atoms with van der Waals surface area (Å²) >= 11 is 3.28. The average Bonchev–Trinajstić information content (AvgIpc) is 2.48. The molecule has 2 aromatic rings. The molecule has 0 fully saturated rings. The summed E-state index contributed by atoms with van der Waals surface area (Å²) in [6.45, 7) is 0.680. The first kappa shape index (κ1) is 14.6. The van der Waals surface area contributed by atoms with Gasteiger partial charge in [0.05, 0.1) is 23.0 Å². The second-order valence-electron chi connectivity index (χ2n) is 4.06. The maximum absolute atomic E-state index is 9.87. The molecule has 2 rings (SSSR count). The Morgan fingerprint density at radius 1 is 1.25 bits per heavy atom. The van der Waals surface area contributed by atoms with Crippen molar-refractivity contribution in [3.8, 4) is 11.6 Å². The number of phenols is 1. The average molecular weight is 339 g/mol. The SMILES string of the molecule is OCCOc1ccc(NCc2cccc(Br)c2O)cn1. The number of benzene rings is 1. The number of phenolic OH excluding ortho intramolecular Hbond substituents is 1. The molecule has 0 aliphatic heterocycles. The van der Waals surface area contributed by atoms with Gasteiger partial charge in [0.15, 0.2) is 0 Å². The summed E-state index contributed by atoms with van der Waals surface area (Å²) in [7, 11) is 0. The molecule has 0 saturated carbocycles. The van der Waals surface area contributed by atoms with Crippen molar-refractivity contribution >= 4 is 21.6 Å². The minimum atomic E-state index is -0.0379. The van der Waals surface area contributed by atoms with Gasteiger partial charge < -0.3 is 20.3 Å². The highest BCUT2D eigenvalue weighted by molar-refractivity contribution is 9.10. The van der Waals surface area contributed by atoms with Gasteiger partial charge in [-0.25, -0.2) is 4.98 Å². The van der Waals surface area contributed by atoms with Crippen LogP contribution in [0.4, 0.5) is 5.69 Å². The summed E-state index contributed by atoms with van der Waals surface area (Å²) in [5.41, 5.74) is 1.61. The molecule has 0 aliphatic carbocycles.